The van der Waals surface area contributed by atoms with Gasteiger partial charge in [0.1, 0.15) is 18.2 Å². The van der Waals surface area contributed by atoms with Gasteiger partial charge < -0.3 is 14.7 Å². The van der Waals surface area contributed by atoms with Crippen LogP contribution in [0.2, 0.25) is 5.02 Å². The summed E-state index contributed by atoms with van der Waals surface area (Å²) in [6.07, 6.45) is 3.30. The van der Waals surface area contributed by atoms with Crippen molar-refractivity contribution in [3.05, 3.63) is 71.1 Å². The second-order valence-electron chi connectivity index (χ2n) is 9.70. The van der Waals surface area contributed by atoms with Crippen LogP contribution in [0.3, 0.4) is 0 Å². The van der Waals surface area contributed by atoms with Gasteiger partial charge in [0.25, 0.3) is 10.0 Å². The molecule has 1 aromatic heterocycles. The van der Waals surface area contributed by atoms with E-state index in [0.29, 0.717) is 31.9 Å². The number of carbonyl (C=O) groups is 1. The van der Waals surface area contributed by atoms with Crippen molar-refractivity contribution in [3.8, 4) is 0 Å². The molecule has 5 rings (SSSR count). The summed E-state index contributed by atoms with van der Waals surface area (Å²) < 4.78 is 28.0. The number of benzene rings is 2. The molecular weight excluding hydrogens is 524 g/mol. The van der Waals surface area contributed by atoms with E-state index in [-0.39, 0.29) is 22.7 Å². The van der Waals surface area contributed by atoms with Gasteiger partial charge in [-0.25, -0.2) is 18.4 Å². The Morgan fingerprint density at radius 1 is 1.00 bits per heavy atom. The first kappa shape index (κ1) is 26.2. The number of hydrogen-bond acceptors (Lipinski definition) is 7. The van der Waals surface area contributed by atoms with Crippen molar-refractivity contribution in [1.82, 2.24) is 14.9 Å². The third kappa shape index (κ3) is 5.56. The first-order valence-electron chi connectivity index (χ1n) is 12.7. The van der Waals surface area contributed by atoms with Gasteiger partial charge in [0.05, 0.1) is 4.90 Å². The van der Waals surface area contributed by atoms with Crippen LogP contribution in [0.4, 0.5) is 17.2 Å². The van der Waals surface area contributed by atoms with Crippen LogP contribution in [-0.4, -0.2) is 68.0 Å². The van der Waals surface area contributed by atoms with Crippen LogP contribution >= 0.6 is 11.6 Å². The molecule has 2 aliphatic heterocycles. The summed E-state index contributed by atoms with van der Waals surface area (Å²) in [5.41, 5.74) is 3.88. The first-order chi connectivity index (χ1) is 18.2. The molecule has 1 N–H and O–H groups in total. The number of rotatable bonds is 6. The highest BCUT2D eigenvalue weighted by atomic mass is 35.5. The Hall–Kier alpha value is -3.37. The zero-order valence-corrected chi connectivity index (χ0v) is 23.0. The van der Waals surface area contributed by atoms with E-state index in [1.165, 1.54) is 11.9 Å². The van der Waals surface area contributed by atoms with Crippen LogP contribution in [0.15, 0.2) is 59.8 Å². The number of fused-ring (bicyclic) bond motifs is 1. The van der Waals surface area contributed by atoms with Crippen LogP contribution < -0.4 is 14.5 Å². The number of hydrogen-bond donors (Lipinski definition) is 1. The number of carbonyl (C=O) groups excluding carboxylic acids is 1. The Balaban J connectivity index is 1.19. The lowest BCUT2D eigenvalue weighted by Crippen LogP contribution is -2.55. The second-order valence-corrected chi connectivity index (χ2v) is 11.8. The fourth-order valence-corrected chi connectivity index (χ4v) is 6.32. The average molecular weight is 555 g/mol. The average Bonchev–Trinajstić information content (AvgIpc) is 2.91. The Labute approximate surface area is 228 Å². The van der Waals surface area contributed by atoms with Crippen LogP contribution in [0.5, 0.6) is 0 Å². The molecule has 0 bridgehead atoms. The molecule has 3 heterocycles. The lowest BCUT2D eigenvalue weighted by molar-refractivity contribution is -0.132. The summed E-state index contributed by atoms with van der Waals surface area (Å²) in [5, 5.41) is 0.725. The molecule has 0 aliphatic carbocycles. The molecule has 200 valence electrons. The highest BCUT2D eigenvalue weighted by Crippen LogP contribution is 2.31. The van der Waals surface area contributed by atoms with Crippen molar-refractivity contribution in [3.63, 3.8) is 0 Å². The summed E-state index contributed by atoms with van der Waals surface area (Å²) in [4.78, 5) is 27.8. The van der Waals surface area contributed by atoms with E-state index in [1.54, 1.807) is 37.3 Å². The Bertz CT molecular complexity index is 1420. The minimum absolute atomic E-state index is 0.125. The Kier molecular flexibility index (Phi) is 7.45. The molecule has 38 heavy (non-hydrogen) atoms. The predicted octanol–water partition coefficient (Wildman–Crippen LogP) is 3.73. The van der Waals surface area contributed by atoms with E-state index in [4.69, 9.17) is 11.6 Å². The molecule has 1 saturated heterocycles. The zero-order chi connectivity index (χ0) is 26.9. The first-order valence-corrected chi connectivity index (χ1v) is 14.6. The molecule has 1 atom stereocenters. The summed E-state index contributed by atoms with van der Waals surface area (Å²) in [5.74, 6) is 0.355. The number of nitrogens with zero attached hydrogens (tertiary/aromatic N) is 5. The zero-order valence-electron chi connectivity index (χ0n) is 21.5. The maximum atomic E-state index is 13.4. The highest BCUT2D eigenvalue weighted by molar-refractivity contribution is 7.92. The number of amides is 1. The van der Waals surface area contributed by atoms with Crippen molar-refractivity contribution in [2.24, 2.45) is 0 Å². The van der Waals surface area contributed by atoms with E-state index in [2.05, 4.69) is 24.5 Å². The maximum absolute atomic E-state index is 13.4. The summed E-state index contributed by atoms with van der Waals surface area (Å²) in [6, 6.07) is 14.0. The standard InChI is InChI=1S/C27H31ClN6O3S/c1-19-16-26(30-18-29-19)31-38(36,37)24-8-6-23(7-9-24)32-12-14-33(15-13-32)27(35)20(2)34-11-3-4-21-17-22(28)5-10-25(21)34/h5-10,16-18,20H,3-4,11-15H2,1-2H3,(H,29,30,31)/t20-/m0/s1. The van der Waals surface area contributed by atoms with Gasteiger partial charge in [-0.05, 0) is 74.7 Å². The van der Waals surface area contributed by atoms with Crippen molar-refractivity contribution >= 4 is 44.7 Å². The Morgan fingerprint density at radius 3 is 2.45 bits per heavy atom. The van der Waals surface area contributed by atoms with Gasteiger partial charge in [-0.2, -0.15) is 0 Å². The number of halogens is 1. The Morgan fingerprint density at radius 2 is 1.74 bits per heavy atom. The van der Waals surface area contributed by atoms with Crippen LogP contribution in [-0.2, 0) is 21.2 Å². The van der Waals surface area contributed by atoms with Crippen LogP contribution in [0.25, 0.3) is 0 Å². The van der Waals surface area contributed by atoms with E-state index in [0.717, 1.165) is 35.8 Å². The highest BCUT2D eigenvalue weighted by Gasteiger charge is 2.31. The molecule has 1 amide bonds. The molecule has 11 heteroatoms. The third-order valence-corrected chi connectivity index (χ3v) is 8.77. The minimum atomic E-state index is -3.77. The van der Waals surface area contributed by atoms with Gasteiger partial charge in [-0.3, -0.25) is 9.52 Å². The quantitative estimate of drug-likeness (QED) is 0.495. The maximum Gasteiger partial charge on any atom is 0.263 e. The number of piperazine rings is 1. The largest absolute Gasteiger partial charge is 0.368 e. The molecule has 2 aliphatic rings. The molecule has 1 fully saturated rings. The fourth-order valence-electron chi connectivity index (χ4n) is 5.12. The second kappa shape index (κ2) is 10.8. The SMILES string of the molecule is Cc1cc(NS(=O)(=O)c2ccc(N3CCN(C(=O)[C@H](C)N4CCCc5cc(Cl)ccc54)CC3)cc2)ncn1. The summed E-state index contributed by atoms with van der Waals surface area (Å²) >= 11 is 6.19. The molecule has 0 radical (unpaired) electrons. The monoisotopic (exact) mass is 554 g/mol. The molecular formula is C27H31ClN6O3S. The van der Waals surface area contributed by atoms with Crippen molar-refractivity contribution in [2.75, 3.05) is 47.2 Å². The predicted molar refractivity (Wildman–Crippen MR) is 149 cm³/mol. The van der Waals surface area contributed by atoms with Gasteiger partial charge in [0, 0.05) is 60.9 Å². The van der Waals surface area contributed by atoms with E-state index in [1.807, 2.05) is 30.0 Å². The van der Waals surface area contributed by atoms with E-state index in [9.17, 15) is 13.2 Å². The van der Waals surface area contributed by atoms with Gasteiger partial charge in [-0.1, -0.05) is 11.6 Å². The van der Waals surface area contributed by atoms with Crippen molar-refractivity contribution < 1.29 is 13.2 Å². The number of nitrogens with one attached hydrogen (secondary N) is 1. The molecule has 0 saturated carbocycles. The number of aromatic nitrogens is 2. The lowest BCUT2D eigenvalue weighted by Gasteiger charge is -2.41. The third-order valence-electron chi connectivity index (χ3n) is 7.17. The number of aryl methyl sites for hydroxylation is 2. The molecule has 3 aromatic rings. The smallest absolute Gasteiger partial charge is 0.263 e. The van der Waals surface area contributed by atoms with E-state index < -0.39 is 10.0 Å². The minimum Gasteiger partial charge on any atom is -0.368 e. The summed E-state index contributed by atoms with van der Waals surface area (Å²) in [7, 11) is -3.77. The van der Waals surface area contributed by atoms with Crippen molar-refractivity contribution in [1.29, 1.82) is 0 Å². The summed E-state index contributed by atoms with van der Waals surface area (Å²) in [6.45, 7) is 7.17. The van der Waals surface area contributed by atoms with Crippen molar-refractivity contribution in [2.45, 2.75) is 37.6 Å². The topological polar surface area (TPSA) is 98.7 Å². The van der Waals surface area contributed by atoms with Gasteiger partial charge >= 0.3 is 0 Å². The van der Waals surface area contributed by atoms with Gasteiger partial charge in [0.2, 0.25) is 5.91 Å². The van der Waals surface area contributed by atoms with E-state index >= 15 is 0 Å². The normalized spacial score (nSPS) is 16.7. The lowest BCUT2D eigenvalue weighted by atomic mass is 10.00. The molecule has 0 spiro atoms. The molecule has 0 unspecified atom stereocenters. The molecule has 2 aromatic carbocycles. The fraction of sp³-hybridized carbons (Fsp3) is 0.370. The number of anilines is 3. The van der Waals surface area contributed by atoms with Crippen LogP contribution in [0.1, 0.15) is 24.6 Å². The molecule has 9 nitrogen and oxygen atoms in total. The van der Waals surface area contributed by atoms with Crippen LogP contribution in [0, 0.1) is 6.92 Å². The number of sulfonamides is 1. The van der Waals surface area contributed by atoms with Gasteiger partial charge in [-0.15, -0.1) is 0 Å². The van der Waals surface area contributed by atoms with Gasteiger partial charge in [0.15, 0.2) is 0 Å².